The topological polar surface area (TPSA) is 38.4 Å². The Morgan fingerprint density at radius 3 is 2.40 bits per heavy atom. The third-order valence-corrected chi connectivity index (χ3v) is 7.05. The Morgan fingerprint density at radius 1 is 0.743 bits per heavy atom. The average molecular weight is 453 g/mol. The molecule has 6 aromatic rings. The Morgan fingerprint density at radius 2 is 1.54 bits per heavy atom. The summed E-state index contributed by atoms with van der Waals surface area (Å²) in [5, 5.41) is 5.97. The van der Waals surface area contributed by atoms with Gasteiger partial charge in [-0.05, 0) is 51.4 Å². The van der Waals surface area contributed by atoms with E-state index in [0.717, 1.165) is 44.8 Å². The summed E-state index contributed by atoms with van der Waals surface area (Å²) in [6.45, 7) is 6.79. The van der Waals surface area contributed by atoms with Crippen LogP contribution in [-0.4, -0.2) is 10.7 Å². The Kier molecular flexibility index (Phi) is 4.11. The first kappa shape index (κ1) is 20.2. The van der Waals surface area contributed by atoms with Crippen LogP contribution in [0.3, 0.4) is 0 Å². The number of furan rings is 1. The van der Waals surface area contributed by atoms with E-state index in [-0.39, 0.29) is 5.41 Å². The van der Waals surface area contributed by atoms with Gasteiger partial charge in [0.25, 0.3) is 0 Å². The molecule has 4 aromatic carbocycles. The van der Waals surface area contributed by atoms with Gasteiger partial charge in [-0.2, -0.15) is 0 Å². The molecule has 0 N–H and O–H groups in total. The number of rotatable bonds is 2. The van der Waals surface area contributed by atoms with E-state index in [9.17, 15) is 0 Å². The van der Waals surface area contributed by atoms with Gasteiger partial charge in [-0.15, -0.1) is 0 Å². The molecule has 0 spiro atoms. The van der Waals surface area contributed by atoms with Gasteiger partial charge in [0.2, 0.25) is 0 Å². The van der Waals surface area contributed by atoms with Crippen LogP contribution in [0.2, 0.25) is 0 Å². The quantitative estimate of drug-likeness (QED) is 0.263. The van der Waals surface area contributed by atoms with Crippen LogP contribution in [0.5, 0.6) is 0 Å². The number of aliphatic imine (C=N–C) groups is 1. The Labute approximate surface area is 203 Å². The minimum atomic E-state index is 0.0174. The molecule has 35 heavy (non-hydrogen) atoms. The molecule has 3 heteroatoms. The van der Waals surface area contributed by atoms with Gasteiger partial charge in [-0.1, -0.05) is 75.4 Å². The fourth-order valence-electron chi connectivity index (χ4n) is 5.35. The maximum atomic E-state index is 5.95. The summed E-state index contributed by atoms with van der Waals surface area (Å²) in [7, 11) is 0. The minimum Gasteiger partial charge on any atom is -0.462 e. The van der Waals surface area contributed by atoms with Crippen molar-refractivity contribution in [3.63, 3.8) is 0 Å². The molecule has 0 aliphatic carbocycles. The summed E-state index contributed by atoms with van der Waals surface area (Å²) < 4.78 is 5.95. The standard InChI is InChI=1S/C32H24N2O/c1-32(2,3)26-15-21(14-20-8-4-5-11-22(20)26)28-16-24-25(18-35-29(24)17-33-28)31-23-12-6-9-19-10-7-13-27(34-31)30(19)23/h4-18H,1-3H3. The third-order valence-electron chi connectivity index (χ3n) is 7.05. The van der Waals surface area contributed by atoms with Crippen molar-refractivity contribution in [3.05, 3.63) is 108 Å². The maximum absolute atomic E-state index is 5.95. The zero-order chi connectivity index (χ0) is 23.7. The lowest BCUT2D eigenvalue weighted by Gasteiger charge is -2.22. The Bertz CT molecular complexity index is 1830. The van der Waals surface area contributed by atoms with E-state index in [0.29, 0.717) is 0 Å². The molecule has 0 bridgehead atoms. The zero-order valence-corrected chi connectivity index (χ0v) is 20.0. The van der Waals surface area contributed by atoms with Crippen molar-refractivity contribution in [1.29, 1.82) is 0 Å². The van der Waals surface area contributed by atoms with Crippen molar-refractivity contribution in [3.8, 4) is 11.3 Å². The summed E-state index contributed by atoms with van der Waals surface area (Å²) >= 11 is 0. The molecule has 0 amide bonds. The van der Waals surface area contributed by atoms with Gasteiger partial charge in [0, 0.05) is 27.5 Å². The van der Waals surface area contributed by atoms with E-state index in [1.165, 1.54) is 27.1 Å². The minimum absolute atomic E-state index is 0.0174. The van der Waals surface area contributed by atoms with Gasteiger partial charge in [0.15, 0.2) is 5.58 Å². The van der Waals surface area contributed by atoms with Crippen molar-refractivity contribution in [2.75, 3.05) is 0 Å². The lowest BCUT2D eigenvalue weighted by atomic mass is 9.82. The van der Waals surface area contributed by atoms with Crippen LogP contribution in [-0.2, 0) is 5.41 Å². The van der Waals surface area contributed by atoms with Crippen LogP contribution in [0, 0.1) is 0 Å². The van der Waals surface area contributed by atoms with Gasteiger partial charge >= 0.3 is 0 Å². The largest absolute Gasteiger partial charge is 0.462 e. The smallest absolute Gasteiger partial charge is 0.152 e. The van der Waals surface area contributed by atoms with E-state index in [2.05, 4.69) is 99.6 Å². The van der Waals surface area contributed by atoms with E-state index < -0.39 is 0 Å². The van der Waals surface area contributed by atoms with Crippen LogP contribution in [0.25, 0.3) is 43.8 Å². The first-order chi connectivity index (χ1) is 17.0. The summed E-state index contributed by atoms with van der Waals surface area (Å²) in [6, 6.07) is 28.0. The second kappa shape index (κ2) is 7.13. The van der Waals surface area contributed by atoms with E-state index in [1.807, 2.05) is 12.5 Å². The van der Waals surface area contributed by atoms with Crippen molar-refractivity contribution in [2.24, 2.45) is 4.99 Å². The normalized spacial score (nSPS) is 13.2. The number of benzene rings is 4. The molecule has 0 fully saturated rings. The van der Waals surface area contributed by atoms with Crippen LogP contribution in [0.4, 0.5) is 5.69 Å². The number of fused-ring (bicyclic) bond motifs is 2. The maximum Gasteiger partial charge on any atom is 0.152 e. The first-order valence-corrected chi connectivity index (χ1v) is 12.0. The highest BCUT2D eigenvalue weighted by atomic mass is 16.3. The zero-order valence-electron chi connectivity index (χ0n) is 20.0. The van der Waals surface area contributed by atoms with Crippen molar-refractivity contribution in [1.82, 2.24) is 4.98 Å². The van der Waals surface area contributed by atoms with Gasteiger partial charge in [-0.3, -0.25) is 4.98 Å². The number of pyridine rings is 1. The fraction of sp³-hybridized carbons (Fsp3) is 0.125. The molecular formula is C32H24N2O. The molecule has 0 radical (unpaired) electrons. The summed E-state index contributed by atoms with van der Waals surface area (Å²) in [4.78, 5) is 9.81. The summed E-state index contributed by atoms with van der Waals surface area (Å²) in [5.41, 5.74) is 8.29. The Hall–Kier alpha value is -4.24. The molecule has 3 nitrogen and oxygen atoms in total. The van der Waals surface area contributed by atoms with Gasteiger partial charge in [0.1, 0.15) is 6.26 Å². The average Bonchev–Trinajstić information content (AvgIpc) is 3.45. The molecule has 0 unspecified atom stereocenters. The molecule has 0 saturated carbocycles. The second-order valence-corrected chi connectivity index (χ2v) is 10.4. The predicted molar refractivity (Wildman–Crippen MR) is 145 cm³/mol. The van der Waals surface area contributed by atoms with Crippen molar-refractivity contribution < 1.29 is 4.42 Å². The van der Waals surface area contributed by atoms with Crippen LogP contribution in [0.1, 0.15) is 37.5 Å². The molecule has 1 aliphatic heterocycles. The summed E-state index contributed by atoms with van der Waals surface area (Å²) in [5.74, 6) is 0. The highest BCUT2D eigenvalue weighted by Gasteiger charge is 2.23. The van der Waals surface area contributed by atoms with Crippen LogP contribution >= 0.6 is 0 Å². The molecule has 168 valence electrons. The number of aromatic nitrogens is 1. The molecule has 7 rings (SSSR count). The summed E-state index contributed by atoms with van der Waals surface area (Å²) in [6.07, 6.45) is 3.66. The SMILES string of the molecule is CC(C)(C)c1cc(-c2cc3c(C4=Nc5cccc6cccc4c56)coc3cn2)cc2ccccc12. The van der Waals surface area contributed by atoms with Crippen molar-refractivity contribution in [2.45, 2.75) is 26.2 Å². The number of nitrogens with zero attached hydrogens (tertiary/aromatic N) is 2. The highest BCUT2D eigenvalue weighted by molar-refractivity contribution is 6.29. The van der Waals surface area contributed by atoms with Gasteiger partial charge < -0.3 is 4.42 Å². The lowest BCUT2D eigenvalue weighted by Crippen LogP contribution is -2.12. The van der Waals surface area contributed by atoms with Crippen molar-refractivity contribution >= 4 is 43.9 Å². The molecule has 0 saturated heterocycles. The Balaban J connectivity index is 1.42. The predicted octanol–water partition coefficient (Wildman–Crippen LogP) is 8.58. The number of hydrogen-bond donors (Lipinski definition) is 0. The highest BCUT2D eigenvalue weighted by Crippen LogP contribution is 2.40. The molecule has 1 aliphatic rings. The van der Waals surface area contributed by atoms with E-state index in [4.69, 9.17) is 14.4 Å². The number of hydrogen-bond acceptors (Lipinski definition) is 3. The molecular weight excluding hydrogens is 428 g/mol. The fourth-order valence-corrected chi connectivity index (χ4v) is 5.35. The lowest BCUT2D eigenvalue weighted by molar-refractivity contribution is 0.596. The molecule has 2 aromatic heterocycles. The van der Waals surface area contributed by atoms with E-state index in [1.54, 1.807) is 0 Å². The molecule has 3 heterocycles. The van der Waals surface area contributed by atoms with Crippen LogP contribution in [0.15, 0.2) is 101 Å². The van der Waals surface area contributed by atoms with Crippen LogP contribution < -0.4 is 0 Å². The third kappa shape index (κ3) is 3.05. The second-order valence-electron chi connectivity index (χ2n) is 10.4. The monoisotopic (exact) mass is 452 g/mol. The van der Waals surface area contributed by atoms with E-state index >= 15 is 0 Å². The van der Waals surface area contributed by atoms with Gasteiger partial charge in [-0.25, -0.2) is 4.99 Å². The first-order valence-electron chi connectivity index (χ1n) is 12.0. The van der Waals surface area contributed by atoms with Gasteiger partial charge in [0.05, 0.1) is 23.3 Å². The molecule has 0 atom stereocenters.